The zero-order valence-electron chi connectivity index (χ0n) is 16.7. The van der Waals surface area contributed by atoms with Crippen LogP contribution in [-0.2, 0) is 16.8 Å². The summed E-state index contributed by atoms with van der Waals surface area (Å²) in [5.41, 5.74) is 7.87. The zero-order chi connectivity index (χ0) is 20.3. The molecule has 1 spiro atoms. The van der Waals surface area contributed by atoms with Gasteiger partial charge in [-0.1, -0.05) is 12.1 Å². The predicted molar refractivity (Wildman–Crippen MR) is 108 cm³/mol. The number of hydrogen-bond acceptors (Lipinski definition) is 6. The van der Waals surface area contributed by atoms with E-state index in [1.165, 1.54) is 5.56 Å². The van der Waals surface area contributed by atoms with Crippen molar-refractivity contribution in [2.24, 2.45) is 5.73 Å². The van der Waals surface area contributed by atoms with Crippen molar-refractivity contribution in [3.63, 3.8) is 0 Å². The highest BCUT2D eigenvalue weighted by atomic mass is 16.5. The molecule has 0 saturated carbocycles. The van der Waals surface area contributed by atoms with Crippen LogP contribution in [0.4, 0.5) is 0 Å². The Bertz CT molecular complexity index is 864. The van der Waals surface area contributed by atoms with E-state index in [9.17, 15) is 4.79 Å². The molecule has 0 radical (unpaired) electrons. The molecule has 1 fully saturated rings. The molecule has 0 aliphatic carbocycles. The molecule has 2 N–H and O–H groups in total. The van der Waals surface area contributed by atoms with Crippen LogP contribution in [0.15, 0.2) is 36.5 Å². The topological polar surface area (TPSA) is 86.9 Å². The summed E-state index contributed by atoms with van der Waals surface area (Å²) in [5.74, 6) is 1.22. The lowest BCUT2D eigenvalue weighted by molar-refractivity contribution is -0.0947. The number of pyridine rings is 1. The molecule has 3 heterocycles. The third-order valence-electron chi connectivity index (χ3n) is 5.74. The lowest BCUT2D eigenvalue weighted by Gasteiger charge is -2.45. The normalized spacial score (nSPS) is 17.7. The fourth-order valence-corrected chi connectivity index (χ4v) is 4.35. The first kappa shape index (κ1) is 19.7. The summed E-state index contributed by atoms with van der Waals surface area (Å²) in [6.45, 7) is 2.59. The third kappa shape index (κ3) is 3.68. The van der Waals surface area contributed by atoms with E-state index in [0.29, 0.717) is 44.3 Å². The van der Waals surface area contributed by atoms with Crippen molar-refractivity contribution < 1.29 is 19.0 Å². The van der Waals surface area contributed by atoms with Crippen molar-refractivity contribution in [2.75, 3.05) is 40.0 Å². The van der Waals surface area contributed by atoms with Crippen molar-refractivity contribution in [1.29, 1.82) is 0 Å². The van der Waals surface area contributed by atoms with Crippen molar-refractivity contribution in [2.45, 2.75) is 24.9 Å². The lowest BCUT2D eigenvalue weighted by Crippen LogP contribution is -2.48. The number of carbonyl (C=O) groups excluding carboxylic acids is 1. The van der Waals surface area contributed by atoms with Crippen LogP contribution in [0.5, 0.6) is 11.5 Å². The van der Waals surface area contributed by atoms with Crippen LogP contribution in [0.1, 0.15) is 34.5 Å². The Balaban J connectivity index is 1.54. The van der Waals surface area contributed by atoms with E-state index in [1.54, 1.807) is 25.4 Å². The Labute approximate surface area is 170 Å². The Morgan fingerprint density at radius 3 is 2.79 bits per heavy atom. The molecule has 2 aromatic rings. The first-order chi connectivity index (χ1) is 14.2. The molecule has 4 rings (SSSR count). The van der Waals surface area contributed by atoms with E-state index in [2.05, 4.69) is 11.1 Å². The van der Waals surface area contributed by atoms with E-state index in [-0.39, 0.29) is 5.91 Å². The van der Waals surface area contributed by atoms with Gasteiger partial charge in [-0.25, -0.2) is 4.98 Å². The fourth-order valence-electron chi connectivity index (χ4n) is 4.35. The van der Waals surface area contributed by atoms with Gasteiger partial charge in [0.05, 0.1) is 13.7 Å². The quantitative estimate of drug-likeness (QED) is 0.832. The van der Waals surface area contributed by atoms with Crippen LogP contribution in [0.25, 0.3) is 0 Å². The number of ether oxygens (including phenoxy) is 3. The third-order valence-corrected chi connectivity index (χ3v) is 5.74. The first-order valence-electron chi connectivity index (χ1n) is 10.1. The Morgan fingerprint density at radius 2 is 2.03 bits per heavy atom. The average Bonchev–Trinajstić information content (AvgIpc) is 2.78. The molecule has 2 aliphatic heterocycles. The van der Waals surface area contributed by atoms with Crippen LogP contribution in [-0.4, -0.2) is 55.7 Å². The minimum Gasteiger partial charge on any atom is -0.496 e. The largest absolute Gasteiger partial charge is 0.496 e. The maximum absolute atomic E-state index is 13.1. The number of aromatic nitrogens is 1. The number of carbonyl (C=O) groups is 1. The molecule has 1 saturated heterocycles. The standard InChI is InChI=1S/C22H27N3O4/c1-27-17-5-2-4-16-7-14-29-22(19(16)17)8-12-25(13-9-22)21(26)20-18(28-15-10-23)6-3-11-24-20/h2-6,11H,7-10,12-15,23H2,1H3. The van der Waals surface area contributed by atoms with Crippen LogP contribution in [0.3, 0.4) is 0 Å². The molecule has 1 aromatic carbocycles. The molecule has 0 atom stereocenters. The van der Waals surface area contributed by atoms with Crippen molar-refractivity contribution in [1.82, 2.24) is 9.88 Å². The molecule has 2 aliphatic rings. The summed E-state index contributed by atoms with van der Waals surface area (Å²) in [6, 6.07) is 9.68. The van der Waals surface area contributed by atoms with Gasteiger partial charge in [0.2, 0.25) is 0 Å². The van der Waals surface area contributed by atoms with E-state index >= 15 is 0 Å². The minimum atomic E-state index is -0.403. The molecule has 1 aromatic heterocycles. The lowest BCUT2D eigenvalue weighted by atomic mass is 9.78. The molecule has 1 amide bonds. The number of benzene rings is 1. The highest BCUT2D eigenvalue weighted by Gasteiger charge is 2.44. The van der Waals surface area contributed by atoms with E-state index in [4.69, 9.17) is 19.9 Å². The summed E-state index contributed by atoms with van der Waals surface area (Å²) in [7, 11) is 1.69. The average molecular weight is 397 g/mol. The summed E-state index contributed by atoms with van der Waals surface area (Å²) >= 11 is 0. The number of nitrogens with two attached hydrogens (primary N) is 1. The smallest absolute Gasteiger partial charge is 0.276 e. The molecular weight excluding hydrogens is 370 g/mol. The second-order valence-corrected chi connectivity index (χ2v) is 7.37. The first-order valence-corrected chi connectivity index (χ1v) is 10.1. The Kier molecular flexibility index (Phi) is 5.69. The Morgan fingerprint density at radius 1 is 1.24 bits per heavy atom. The van der Waals surface area contributed by atoms with Crippen molar-refractivity contribution in [3.05, 3.63) is 53.3 Å². The van der Waals surface area contributed by atoms with Crippen molar-refractivity contribution in [3.8, 4) is 11.5 Å². The zero-order valence-corrected chi connectivity index (χ0v) is 16.7. The van der Waals surface area contributed by atoms with Gasteiger partial charge in [0, 0.05) is 31.4 Å². The summed E-state index contributed by atoms with van der Waals surface area (Å²) in [5, 5.41) is 0. The van der Waals surface area contributed by atoms with E-state index < -0.39 is 5.60 Å². The van der Waals surface area contributed by atoms with Gasteiger partial charge in [0.25, 0.3) is 5.91 Å². The maximum Gasteiger partial charge on any atom is 0.276 e. The number of nitrogens with zero attached hydrogens (tertiary/aromatic N) is 2. The van der Waals surface area contributed by atoms with Crippen LogP contribution < -0.4 is 15.2 Å². The van der Waals surface area contributed by atoms with Gasteiger partial charge < -0.3 is 24.8 Å². The number of fused-ring (bicyclic) bond motifs is 2. The van der Waals surface area contributed by atoms with Crippen molar-refractivity contribution >= 4 is 5.91 Å². The van der Waals surface area contributed by atoms with Gasteiger partial charge in [0.15, 0.2) is 11.4 Å². The second kappa shape index (κ2) is 8.39. The number of rotatable bonds is 5. The number of piperidine rings is 1. The number of hydrogen-bond donors (Lipinski definition) is 1. The molecule has 29 heavy (non-hydrogen) atoms. The second-order valence-electron chi connectivity index (χ2n) is 7.37. The van der Waals surface area contributed by atoms with Gasteiger partial charge in [-0.15, -0.1) is 0 Å². The molecule has 7 nitrogen and oxygen atoms in total. The van der Waals surface area contributed by atoms with Crippen LogP contribution in [0.2, 0.25) is 0 Å². The molecule has 7 heteroatoms. The van der Waals surface area contributed by atoms with Crippen LogP contribution in [0, 0.1) is 0 Å². The molecule has 0 unspecified atom stereocenters. The predicted octanol–water partition coefficient (Wildman–Crippen LogP) is 2.13. The molecular formula is C22H27N3O4. The maximum atomic E-state index is 13.1. The highest BCUT2D eigenvalue weighted by Crippen LogP contribution is 2.46. The Hall–Kier alpha value is -2.64. The number of methoxy groups -OCH3 is 1. The van der Waals surface area contributed by atoms with Gasteiger partial charge >= 0.3 is 0 Å². The van der Waals surface area contributed by atoms with Crippen LogP contribution >= 0.6 is 0 Å². The number of likely N-dealkylation sites (tertiary alicyclic amines) is 1. The molecule has 0 bridgehead atoms. The summed E-state index contributed by atoms with van der Waals surface area (Å²) in [4.78, 5) is 19.2. The van der Waals surface area contributed by atoms with E-state index in [0.717, 1.165) is 30.6 Å². The highest BCUT2D eigenvalue weighted by molar-refractivity contribution is 5.95. The SMILES string of the molecule is COc1cccc2c1C1(CCN(C(=O)c3ncccc3OCCN)CC1)OCC2. The minimum absolute atomic E-state index is 0.122. The summed E-state index contributed by atoms with van der Waals surface area (Å²) < 4.78 is 17.6. The van der Waals surface area contributed by atoms with Gasteiger partial charge in [-0.05, 0) is 43.0 Å². The number of amides is 1. The van der Waals surface area contributed by atoms with E-state index in [1.807, 2.05) is 17.0 Å². The van der Waals surface area contributed by atoms with Gasteiger partial charge in [-0.3, -0.25) is 4.79 Å². The molecule has 154 valence electrons. The van der Waals surface area contributed by atoms with Gasteiger partial charge in [0.1, 0.15) is 18.0 Å². The monoisotopic (exact) mass is 397 g/mol. The fraction of sp³-hybridized carbons (Fsp3) is 0.455. The van der Waals surface area contributed by atoms with Gasteiger partial charge in [-0.2, -0.15) is 0 Å². The summed E-state index contributed by atoms with van der Waals surface area (Å²) in [6.07, 6.45) is 3.93.